The predicted molar refractivity (Wildman–Crippen MR) is 75.2 cm³/mol. The second-order valence-corrected chi connectivity index (χ2v) is 5.76. The lowest BCUT2D eigenvalue weighted by Gasteiger charge is -2.23. The topological polar surface area (TPSA) is 32.3 Å². The molecule has 2 unspecified atom stereocenters. The van der Waals surface area contributed by atoms with Gasteiger partial charge >= 0.3 is 0 Å². The molecule has 0 radical (unpaired) electrons. The number of unbranched alkanes of at least 4 members (excludes halogenated alkanes) is 2. The van der Waals surface area contributed by atoms with Crippen LogP contribution in [-0.2, 0) is 4.79 Å². The molecule has 0 aliphatic carbocycles. The molecule has 0 aromatic heterocycles. The number of thioether (sulfide) groups is 1. The number of carbonyl (C=O) groups is 1. The van der Waals surface area contributed by atoms with Crippen LogP contribution < -0.4 is 5.32 Å². The van der Waals surface area contributed by atoms with E-state index in [1.165, 1.54) is 18.6 Å². The summed E-state index contributed by atoms with van der Waals surface area (Å²) in [4.78, 5) is 14.0. The van der Waals surface area contributed by atoms with Crippen LogP contribution in [0, 0.1) is 0 Å². The molecule has 1 N–H and O–H groups in total. The van der Waals surface area contributed by atoms with Gasteiger partial charge in [-0.1, -0.05) is 19.8 Å². The first-order chi connectivity index (χ1) is 8.20. The third-order valence-electron chi connectivity index (χ3n) is 3.28. The average Bonchev–Trinajstić information content (AvgIpc) is 2.57. The van der Waals surface area contributed by atoms with E-state index in [1.54, 1.807) is 0 Å². The molecule has 1 aliphatic heterocycles. The number of nitrogens with one attached hydrogen (secondary N) is 1. The molecule has 0 aromatic carbocycles. The van der Waals surface area contributed by atoms with Gasteiger partial charge in [0.2, 0.25) is 5.91 Å². The summed E-state index contributed by atoms with van der Waals surface area (Å²) in [5, 5.41) is 3.38. The molecule has 4 heteroatoms. The fourth-order valence-corrected chi connectivity index (χ4v) is 2.83. The van der Waals surface area contributed by atoms with E-state index in [0.29, 0.717) is 0 Å². The maximum absolute atomic E-state index is 12.0. The summed E-state index contributed by atoms with van der Waals surface area (Å²) in [6, 6.07) is 0.0118. The highest BCUT2D eigenvalue weighted by Gasteiger charge is 2.34. The fourth-order valence-electron chi connectivity index (χ4n) is 2.34. The molecule has 1 saturated heterocycles. The third kappa shape index (κ3) is 4.51. The van der Waals surface area contributed by atoms with E-state index in [9.17, 15) is 4.79 Å². The van der Waals surface area contributed by atoms with Gasteiger partial charge in [-0.3, -0.25) is 10.1 Å². The van der Waals surface area contributed by atoms with E-state index in [2.05, 4.69) is 18.5 Å². The maximum atomic E-state index is 12.0. The lowest BCUT2D eigenvalue weighted by atomic mass is 10.2. The minimum Gasteiger partial charge on any atom is -0.326 e. The quantitative estimate of drug-likeness (QED) is 0.679. The Morgan fingerprint density at radius 3 is 2.76 bits per heavy atom. The SMILES string of the molecule is CCCC1NC(C)C(=O)N1CCCCCSC. The van der Waals surface area contributed by atoms with E-state index >= 15 is 0 Å². The van der Waals surface area contributed by atoms with Crippen LogP contribution in [0.4, 0.5) is 0 Å². The smallest absolute Gasteiger partial charge is 0.240 e. The molecule has 17 heavy (non-hydrogen) atoms. The molecule has 100 valence electrons. The van der Waals surface area contributed by atoms with Crippen molar-refractivity contribution in [2.75, 3.05) is 18.6 Å². The van der Waals surface area contributed by atoms with Crippen LogP contribution in [-0.4, -0.2) is 41.6 Å². The first-order valence-electron chi connectivity index (χ1n) is 6.76. The van der Waals surface area contributed by atoms with Gasteiger partial charge in [-0.25, -0.2) is 0 Å². The van der Waals surface area contributed by atoms with E-state index in [1.807, 2.05) is 23.6 Å². The first-order valence-corrected chi connectivity index (χ1v) is 8.15. The Kier molecular flexibility index (Phi) is 6.97. The van der Waals surface area contributed by atoms with Gasteiger partial charge in [0.1, 0.15) is 0 Å². The van der Waals surface area contributed by atoms with Gasteiger partial charge in [0, 0.05) is 6.54 Å². The predicted octanol–water partition coefficient (Wildman–Crippen LogP) is 2.47. The number of carbonyl (C=O) groups excluding carboxylic acids is 1. The van der Waals surface area contributed by atoms with Crippen molar-refractivity contribution in [1.82, 2.24) is 10.2 Å². The molecule has 1 heterocycles. The molecule has 1 fully saturated rings. The van der Waals surface area contributed by atoms with Crippen LogP contribution in [0.1, 0.15) is 46.0 Å². The summed E-state index contributed by atoms with van der Waals surface area (Å²) in [5.41, 5.74) is 0. The zero-order valence-electron chi connectivity index (χ0n) is 11.4. The number of amides is 1. The molecule has 0 bridgehead atoms. The van der Waals surface area contributed by atoms with E-state index in [-0.39, 0.29) is 18.1 Å². The molecular formula is C13H26N2OS. The van der Waals surface area contributed by atoms with Gasteiger partial charge in [-0.05, 0) is 38.2 Å². The van der Waals surface area contributed by atoms with Gasteiger partial charge in [0.15, 0.2) is 0 Å². The Morgan fingerprint density at radius 2 is 2.12 bits per heavy atom. The van der Waals surface area contributed by atoms with Crippen molar-refractivity contribution in [1.29, 1.82) is 0 Å². The average molecular weight is 258 g/mol. The Labute approximate surface area is 110 Å². The molecule has 0 spiro atoms. The molecular weight excluding hydrogens is 232 g/mol. The van der Waals surface area contributed by atoms with E-state index < -0.39 is 0 Å². The normalized spacial score (nSPS) is 24.6. The van der Waals surface area contributed by atoms with Crippen molar-refractivity contribution < 1.29 is 4.79 Å². The van der Waals surface area contributed by atoms with Crippen LogP contribution in [0.3, 0.4) is 0 Å². The molecule has 1 rings (SSSR count). The summed E-state index contributed by atoms with van der Waals surface area (Å²) in [6.07, 6.45) is 8.26. The van der Waals surface area contributed by atoms with Crippen LogP contribution >= 0.6 is 11.8 Å². The highest BCUT2D eigenvalue weighted by molar-refractivity contribution is 7.98. The Hall–Kier alpha value is -0.220. The first kappa shape index (κ1) is 14.8. The molecule has 1 aliphatic rings. The number of rotatable bonds is 8. The van der Waals surface area contributed by atoms with Gasteiger partial charge in [0.25, 0.3) is 0 Å². The largest absolute Gasteiger partial charge is 0.326 e. The standard InChI is InChI=1S/C13H26N2OS/c1-4-8-12-14-11(2)13(16)15(12)9-6-5-7-10-17-3/h11-12,14H,4-10H2,1-3H3. The second kappa shape index (κ2) is 7.98. The van der Waals surface area contributed by atoms with Gasteiger partial charge in [-0.2, -0.15) is 11.8 Å². The highest BCUT2D eigenvalue weighted by atomic mass is 32.2. The zero-order valence-corrected chi connectivity index (χ0v) is 12.2. The zero-order chi connectivity index (χ0) is 12.7. The number of hydrogen-bond donors (Lipinski definition) is 1. The van der Waals surface area contributed by atoms with Gasteiger partial charge in [0.05, 0.1) is 12.2 Å². The molecule has 1 amide bonds. The molecule has 0 aromatic rings. The van der Waals surface area contributed by atoms with Crippen molar-refractivity contribution in [2.24, 2.45) is 0 Å². The maximum Gasteiger partial charge on any atom is 0.240 e. The number of nitrogens with zero attached hydrogens (tertiary/aromatic N) is 1. The van der Waals surface area contributed by atoms with E-state index in [4.69, 9.17) is 0 Å². The molecule has 0 saturated carbocycles. The molecule has 3 nitrogen and oxygen atoms in total. The highest BCUT2D eigenvalue weighted by Crippen LogP contribution is 2.16. The van der Waals surface area contributed by atoms with Gasteiger partial charge in [-0.15, -0.1) is 0 Å². The van der Waals surface area contributed by atoms with Crippen molar-refractivity contribution in [3.05, 3.63) is 0 Å². The van der Waals surface area contributed by atoms with Crippen molar-refractivity contribution in [2.45, 2.75) is 58.2 Å². The lowest BCUT2D eigenvalue weighted by Crippen LogP contribution is -2.37. The summed E-state index contributed by atoms with van der Waals surface area (Å²) in [5.74, 6) is 1.52. The van der Waals surface area contributed by atoms with Crippen LogP contribution in [0.2, 0.25) is 0 Å². The second-order valence-electron chi connectivity index (χ2n) is 4.78. The minimum atomic E-state index is 0.0118. The lowest BCUT2D eigenvalue weighted by molar-refractivity contribution is -0.129. The summed E-state index contributed by atoms with van der Waals surface area (Å²) in [7, 11) is 0. The Balaban J connectivity index is 2.30. The van der Waals surface area contributed by atoms with Crippen LogP contribution in [0.15, 0.2) is 0 Å². The fraction of sp³-hybridized carbons (Fsp3) is 0.923. The van der Waals surface area contributed by atoms with Gasteiger partial charge < -0.3 is 4.90 Å². The molecule has 2 atom stereocenters. The third-order valence-corrected chi connectivity index (χ3v) is 3.98. The summed E-state index contributed by atoms with van der Waals surface area (Å²) < 4.78 is 0. The summed E-state index contributed by atoms with van der Waals surface area (Å²) in [6.45, 7) is 5.07. The summed E-state index contributed by atoms with van der Waals surface area (Å²) >= 11 is 1.90. The number of hydrogen-bond acceptors (Lipinski definition) is 3. The monoisotopic (exact) mass is 258 g/mol. The van der Waals surface area contributed by atoms with Crippen molar-refractivity contribution in [3.8, 4) is 0 Å². The van der Waals surface area contributed by atoms with Crippen molar-refractivity contribution in [3.63, 3.8) is 0 Å². The van der Waals surface area contributed by atoms with Crippen LogP contribution in [0.5, 0.6) is 0 Å². The van der Waals surface area contributed by atoms with Crippen LogP contribution in [0.25, 0.3) is 0 Å². The minimum absolute atomic E-state index is 0.0118. The Bertz CT molecular complexity index is 235. The van der Waals surface area contributed by atoms with Crippen molar-refractivity contribution >= 4 is 17.7 Å². The van der Waals surface area contributed by atoms with E-state index in [0.717, 1.165) is 25.8 Å². The Morgan fingerprint density at radius 1 is 1.35 bits per heavy atom.